The van der Waals surface area contributed by atoms with Crippen LogP contribution in [0.15, 0.2) is 54.6 Å². The number of hydrogen-bond donors (Lipinski definition) is 1. The van der Waals surface area contributed by atoms with Crippen LogP contribution < -0.4 is 5.32 Å². The Bertz CT molecular complexity index is 655. The van der Waals surface area contributed by atoms with Crippen molar-refractivity contribution in [1.82, 2.24) is 0 Å². The summed E-state index contributed by atoms with van der Waals surface area (Å²) < 4.78 is 9.76. The zero-order valence-corrected chi connectivity index (χ0v) is 13.0. The van der Waals surface area contributed by atoms with Gasteiger partial charge in [0.2, 0.25) is 0 Å². The molecule has 2 aromatic carbocycles. The fraction of sp³-hybridized carbons (Fsp3) is 0.222. The number of nitrogens with one attached hydrogen (secondary N) is 1. The quantitative estimate of drug-likeness (QED) is 0.798. The summed E-state index contributed by atoms with van der Waals surface area (Å²) >= 11 is 0. The van der Waals surface area contributed by atoms with Crippen molar-refractivity contribution in [1.29, 1.82) is 0 Å². The number of para-hydroxylation sites is 1. The maximum absolute atomic E-state index is 11.9. The highest BCUT2D eigenvalue weighted by Gasteiger charge is 2.10. The van der Waals surface area contributed by atoms with Crippen LogP contribution in [-0.2, 0) is 19.1 Å². The lowest BCUT2D eigenvalue weighted by Gasteiger charge is -2.11. The average molecular weight is 313 g/mol. The van der Waals surface area contributed by atoms with Crippen molar-refractivity contribution in [3.8, 4) is 11.1 Å². The number of amides is 1. The van der Waals surface area contributed by atoms with E-state index < -0.39 is 11.9 Å². The van der Waals surface area contributed by atoms with Gasteiger partial charge in [-0.3, -0.25) is 4.79 Å². The van der Waals surface area contributed by atoms with Crippen LogP contribution in [-0.4, -0.2) is 31.7 Å². The molecule has 1 N–H and O–H groups in total. The molecule has 0 spiro atoms. The molecule has 0 unspecified atom stereocenters. The Kier molecular flexibility index (Phi) is 6.32. The maximum atomic E-state index is 11.9. The summed E-state index contributed by atoms with van der Waals surface area (Å²) in [5.41, 5.74) is 2.57. The third-order valence-electron chi connectivity index (χ3n) is 3.07. The molecule has 2 rings (SSSR count). The van der Waals surface area contributed by atoms with Crippen LogP contribution in [0.4, 0.5) is 5.69 Å². The van der Waals surface area contributed by atoms with E-state index in [-0.39, 0.29) is 13.2 Å². The number of rotatable bonds is 7. The number of hydrogen-bond acceptors (Lipinski definition) is 4. The summed E-state index contributed by atoms with van der Waals surface area (Å²) in [7, 11) is 0. The molecule has 1 amide bonds. The van der Waals surface area contributed by atoms with Crippen LogP contribution >= 0.6 is 0 Å². The highest BCUT2D eigenvalue weighted by atomic mass is 16.6. The van der Waals surface area contributed by atoms with Crippen molar-refractivity contribution in [2.24, 2.45) is 0 Å². The van der Waals surface area contributed by atoms with Gasteiger partial charge in [0.1, 0.15) is 6.61 Å². The zero-order valence-electron chi connectivity index (χ0n) is 13.0. The molecule has 0 saturated heterocycles. The minimum Gasteiger partial charge on any atom is -0.454 e. The number of carbonyl (C=O) groups excluding carboxylic acids is 2. The molecule has 120 valence electrons. The second-order valence-corrected chi connectivity index (χ2v) is 4.76. The van der Waals surface area contributed by atoms with Crippen LogP contribution in [0.2, 0.25) is 0 Å². The third-order valence-corrected chi connectivity index (χ3v) is 3.07. The Hall–Kier alpha value is -2.66. The molecule has 5 heteroatoms. The van der Waals surface area contributed by atoms with Gasteiger partial charge in [0, 0.05) is 17.9 Å². The van der Waals surface area contributed by atoms with Gasteiger partial charge in [-0.15, -0.1) is 0 Å². The monoisotopic (exact) mass is 313 g/mol. The van der Waals surface area contributed by atoms with Crippen LogP contribution in [0.3, 0.4) is 0 Å². The number of anilines is 1. The molecule has 23 heavy (non-hydrogen) atoms. The number of esters is 1. The molecule has 0 bridgehead atoms. The van der Waals surface area contributed by atoms with Crippen LogP contribution in [0.5, 0.6) is 0 Å². The van der Waals surface area contributed by atoms with E-state index in [4.69, 9.17) is 9.47 Å². The number of benzene rings is 2. The van der Waals surface area contributed by atoms with E-state index in [1.54, 1.807) is 6.92 Å². The first-order valence-corrected chi connectivity index (χ1v) is 7.38. The highest BCUT2D eigenvalue weighted by Crippen LogP contribution is 2.27. The van der Waals surface area contributed by atoms with Crippen LogP contribution in [0.25, 0.3) is 11.1 Å². The Morgan fingerprint density at radius 1 is 0.957 bits per heavy atom. The normalized spacial score (nSPS) is 10.1. The molecule has 0 aliphatic carbocycles. The Morgan fingerprint density at radius 2 is 1.65 bits per heavy atom. The molecule has 0 fully saturated rings. The molecule has 0 radical (unpaired) electrons. The summed E-state index contributed by atoms with van der Waals surface area (Å²) in [6.45, 7) is 1.71. The molecule has 0 aliphatic rings. The van der Waals surface area contributed by atoms with Gasteiger partial charge in [-0.05, 0) is 18.6 Å². The standard InChI is InChI=1S/C18H19NO4/c1-2-22-13-18(21)23-12-17(20)19-16-11-7-6-10-15(16)14-8-4-3-5-9-14/h3-11H,2,12-13H2,1H3,(H,19,20). The molecule has 5 nitrogen and oxygen atoms in total. The molecule has 2 aromatic rings. The Balaban J connectivity index is 1.98. The first-order valence-electron chi connectivity index (χ1n) is 7.38. The van der Waals surface area contributed by atoms with E-state index in [9.17, 15) is 9.59 Å². The molecule has 0 atom stereocenters. The minimum atomic E-state index is -0.557. The van der Waals surface area contributed by atoms with Gasteiger partial charge in [-0.2, -0.15) is 0 Å². The van der Waals surface area contributed by atoms with Gasteiger partial charge in [-0.25, -0.2) is 4.79 Å². The average Bonchev–Trinajstić information content (AvgIpc) is 2.59. The highest BCUT2D eigenvalue weighted by molar-refractivity contribution is 5.96. The van der Waals surface area contributed by atoms with Gasteiger partial charge in [0.15, 0.2) is 6.61 Å². The lowest BCUT2D eigenvalue weighted by atomic mass is 10.0. The van der Waals surface area contributed by atoms with Gasteiger partial charge in [0.25, 0.3) is 5.91 Å². The largest absolute Gasteiger partial charge is 0.454 e. The summed E-state index contributed by atoms with van der Waals surface area (Å²) in [6, 6.07) is 17.2. The Labute approximate surface area is 135 Å². The van der Waals surface area contributed by atoms with Gasteiger partial charge >= 0.3 is 5.97 Å². The lowest BCUT2D eigenvalue weighted by Crippen LogP contribution is -2.23. The van der Waals surface area contributed by atoms with Gasteiger partial charge in [0.05, 0.1) is 0 Å². The molecular weight excluding hydrogens is 294 g/mol. The van der Waals surface area contributed by atoms with Crippen molar-refractivity contribution in [3.05, 3.63) is 54.6 Å². The van der Waals surface area contributed by atoms with Crippen molar-refractivity contribution in [2.75, 3.05) is 25.1 Å². The second-order valence-electron chi connectivity index (χ2n) is 4.76. The predicted molar refractivity (Wildman–Crippen MR) is 88.0 cm³/mol. The molecule has 0 saturated carbocycles. The minimum absolute atomic E-state index is 0.148. The summed E-state index contributed by atoms with van der Waals surface area (Å²) in [5, 5.41) is 2.76. The van der Waals surface area contributed by atoms with Crippen LogP contribution in [0.1, 0.15) is 6.92 Å². The van der Waals surface area contributed by atoms with Crippen molar-refractivity contribution in [2.45, 2.75) is 6.92 Å². The maximum Gasteiger partial charge on any atom is 0.332 e. The smallest absolute Gasteiger partial charge is 0.332 e. The van der Waals surface area contributed by atoms with E-state index in [2.05, 4.69) is 5.32 Å². The zero-order chi connectivity index (χ0) is 16.5. The van der Waals surface area contributed by atoms with Gasteiger partial charge < -0.3 is 14.8 Å². The fourth-order valence-corrected chi connectivity index (χ4v) is 2.02. The summed E-state index contributed by atoms with van der Waals surface area (Å²) in [5.74, 6) is -0.948. The van der Waals surface area contributed by atoms with E-state index in [1.165, 1.54) is 0 Å². The first kappa shape index (κ1) is 16.7. The lowest BCUT2D eigenvalue weighted by molar-refractivity contribution is -0.151. The third kappa shape index (κ3) is 5.23. The first-order chi connectivity index (χ1) is 11.2. The summed E-state index contributed by atoms with van der Waals surface area (Å²) in [4.78, 5) is 23.3. The van der Waals surface area contributed by atoms with E-state index in [0.29, 0.717) is 12.3 Å². The van der Waals surface area contributed by atoms with Crippen LogP contribution in [0, 0.1) is 0 Å². The van der Waals surface area contributed by atoms with Gasteiger partial charge in [-0.1, -0.05) is 48.5 Å². The Morgan fingerprint density at radius 3 is 2.39 bits per heavy atom. The fourth-order valence-electron chi connectivity index (χ4n) is 2.02. The molecule has 0 aliphatic heterocycles. The molecular formula is C18H19NO4. The number of carbonyl (C=O) groups is 2. The van der Waals surface area contributed by atoms with Crippen molar-refractivity contribution < 1.29 is 19.1 Å². The van der Waals surface area contributed by atoms with E-state index in [1.807, 2.05) is 54.6 Å². The van der Waals surface area contributed by atoms with E-state index in [0.717, 1.165) is 11.1 Å². The molecule has 0 aromatic heterocycles. The topological polar surface area (TPSA) is 64.6 Å². The summed E-state index contributed by atoms with van der Waals surface area (Å²) in [6.07, 6.45) is 0. The molecule has 0 heterocycles. The SMILES string of the molecule is CCOCC(=O)OCC(=O)Nc1ccccc1-c1ccccc1. The van der Waals surface area contributed by atoms with Crippen molar-refractivity contribution >= 4 is 17.6 Å². The second kappa shape index (κ2) is 8.70. The number of ether oxygens (including phenoxy) is 2. The predicted octanol–water partition coefficient (Wildman–Crippen LogP) is 2.87. The van der Waals surface area contributed by atoms with E-state index >= 15 is 0 Å². The van der Waals surface area contributed by atoms with Crippen molar-refractivity contribution in [3.63, 3.8) is 0 Å².